The molecule has 0 aliphatic heterocycles. The Bertz CT molecular complexity index is 416. The van der Waals surface area contributed by atoms with E-state index in [2.05, 4.69) is 6.92 Å². The maximum atomic E-state index is 12.5. The molecule has 0 heterocycles. The van der Waals surface area contributed by atoms with Crippen molar-refractivity contribution in [2.45, 2.75) is 45.1 Å². The Kier molecular flexibility index (Phi) is 6.16. The van der Waals surface area contributed by atoms with Crippen molar-refractivity contribution in [1.29, 1.82) is 0 Å². The predicted molar refractivity (Wildman–Crippen MR) is 81.7 cm³/mol. The normalized spacial score (nSPS) is 15.6. The Morgan fingerprint density at radius 3 is 2.58 bits per heavy atom. The van der Waals surface area contributed by atoms with Crippen LogP contribution in [0.25, 0.3) is 0 Å². The van der Waals surface area contributed by atoms with Gasteiger partial charge < -0.3 is 10.6 Å². The Balaban J connectivity index is 0.00000180. The Labute approximate surface area is 121 Å². The summed E-state index contributed by atoms with van der Waals surface area (Å²) in [5.41, 5.74) is 7.11. The predicted octanol–water partition coefficient (Wildman–Crippen LogP) is 3.49. The molecule has 0 saturated heterocycles. The fourth-order valence-electron chi connectivity index (χ4n) is 2.80. The second kappa shape index (κ2) is 7.39. The van der Waals surface area contributed by atoms with E-state index < -0.39 is 0 Å². The number of anilines is 1. The largest absolute Gasteiger partial charge is 0.399 e. The Morgan fingerprint density at radius 1 is 1.32 bits per heavy atom. The van der Waals surface area contributed by atoms with Crippen LogP contribution in [0, 0.1) is 0 Å². The third-order valence-electron chi connectivity index (χ3n) is 3.75. The van der Waals surface area contributed by atoms with E-state index in [9.17, 15) is 4.79 Å². The van der Waals surface area contributed by atoms with Crippen molar-refractivity contribution in [3.63, 3.8) is 0 Å². The monoisotopic (exact) mass is 282 g/mol. The highest BCUT2D eigenvalue weighted by molar-refractivity contribution is 5.95. The summed E-state index contributed by atoms with van der Waals surface area (Å²) in [5, 5.41) is 0. The van der Waals surface area contributed by atoms with Crippen molar-refractivity contribution in [1.82, 2.24) is 4.90 Å². The molecule has 1 saturated carbocycles. The molecule has 0 atom stereocenters. The van der Waals surface area contributed by atoms with Crippen molar-refractivity contribution in [3.05, 3.63) is 29.8 Å². The van der Waals surface area contributed by atoms with Gasteiger partial charge in [-0.2, -0.15) is 0 Å². The fourth-order valence-corrected chi connectivity index (χ4v) is 2.80. The number of carbonyl (C=O) groups is 1. The van der Waals surface area contributed by atoms with Gasteiger partial charge in [0.25, 0.3) is 5.91 Å². The highest BCUT2D eigenvalue weighted by Gasteiger charge is 2.24. The van der Waals surface area contributed by atoms with Gasteiger partial charge in [0, 0.05) is 23.8 Å². The number of nitrogens with two attached hydrogens (primary N) is 1. The van der Waals surface area contributed by atoms with E-state index in [-0.39, 0.29) is 18.3 Å². The van der Waals surface area contributed by atoms with Crippen LogP contribution in [-0.4, -0.2) is 23.4 Å². The van der Waals surface area contributed by atoms with Crippen molar-refractivity contribution < 1.29 is 4.79 Å². The third kappa shape index (κ3) is 3.87. The molecule has 0 aromatic heterocycles. The molecule has 3 nitrogen and oxygen atoms in total. The van der Waals surface area contributed by atoms with E-state index in [0.29, 0.717) is 17.3 Å². The zero-order valence-electron chi connectivity index (χ0n) is 11.5. The van der Waals surface area contributed by atoms with E-state index in [1.165, 1.54) is 19.3 Å². The number of hydrogen-bond acceptors (Lipinski definition) is 2. The number of nitrogen functional groups attached to an aromatic ring is 1. The van der Waals surface area contributed by atoms with Crippen LogP contribution in [0.15, 0.2) is 24.3 Å². The molecule has 4 heteroatoms. The van der Waals surface area contributed by atoms with E-state index in [4.69, 9.17) is 5.73 Å². The Hall–Kier alpha value is -1.22. The molecule has 1 amide bonds. The minimum atomic E-state index is 0. The van der Waals surface area contributed by atoms with Crippen LogP contribution in [0.1, 0.15) is 49.4 Å². The fraction of sp³-hybridized carbons (Fsp3) is 0.533. The zero-order chi connectivity index (χ0) is 13.0. The molecule has 106 valence electrons. The van der Waals surface area contributed by atoms with Gasteiger partial charge in [-0.15, -0.1) is 12.4 Å². The molecule has 19 heavy (non-hydrogen) atoms. The standard InChI is InChI=1S/C15H22N2O.ClH/c1-2-17(14-9-4-3-5-10-14)15(18)12-7-6-8-13(16)11-12;/h6-8,11,14H,2-5,9-10,16H2,1H3;1H. The lowest BCUT2D eigenvalue weighted by Crippen LogP contribution is -2.41. The van der Waals surface area contributed by atoms with Crippen LogP contribution in [0.2, 0.25) is 0 Å². The average molecular weight is 283 g/mol. The molecule has 1 fully saturated rings. The molecule has 2 N–H and O–H groups in total. The first-order valence-corrected chi connectivity index (χ1v) is 6.89. The molecule has 0 spiro atoms. The molecular formula is C15H23ClN2O. The average Bonchev–Trinajstić information content (AvgIpc) is 2.41. The number of hydrogen-bond donors (Lipinski definition) is 1. The van der Waals surface area contributed by atoms with Crippen LogP contribution in [0.4, 0.5) is 5.69 Å². The van der Waals surface area contributed by atoms with Crippen LogP contribution in [0.3, 0.4) is 0 Å². The summed E-state index contributed by atoms with van der Waals surface area (Å²) in [6.45, 7) is 2.83. The summed E-state index contributed by atoms with van der Waals surface area (Å²) >= 11 is 0. The lowest BCUT2D eigenvalue weighted by atomic mass is 9.93. The quantitative estimate of drug-likeness (QED) is 0.863. The summed E-state index contributed by atoms with van der Waals surface area (Å²) in [6.07, 6.45) is 6.07. The van der Waals surface area contributed by atoms with E-state index in [0.717, 1.165) is 19.4 Å². The molecule has 0 radical (unpaired) electrons. The van der Waals surface area contributed by atoms with Crippen LogP contribution in [0.5, 0.6) is 0 Å². The number of rotatable bonds is 3. The number of nitrogens with zero attached hydrogens (tertiary/aromatic N) is 1. The lowest BCUT2D eigenvalue weighted by Gasteiger charge is -2.33. The lowest BCUT2D eigenvalue weighted by molar-refractivity contribution is 0.0648. The van der Waals surface area contributed by atoms with Crippen molar-refractivity contribution >= 4 is 24.0 Å². The van der Waals surface area contributed by atoms with Crippen LogP contribution >= 0.6 is 12.4 Å². The number of benzene rings is 1. The van der Waals surface area contributed by atoms with Gasteiger partial charge >= 0.3 is 0 Å². The van der Waals surface area contributed by atoms with Gasteiger partial charge in [0.05, 0.1) is 0 Å². The summed E-state index contributed by atoms with van der Waals surface area (Å²) in [5.74, 6) is 0.122. The molecular weight excluding hydrogens is 260 g/mol. The van der Waals surface area contributed by atoms with Crippen LogP contribution < -0.4 is 5.73 Å². The summed E-state index contributed by atoms with van der Waals surface area (Å²) in [4.78, 5) is 14.5. The van der Waals surface area contributed by atoms with Gasteiger partial charge in [-0.3, -0.25) is 4.79 Å². The minimum Gasteiger partial charge on any atom is -0.399 e. The van der Waals surface area contributed by atoms with Crippen molar-refractivity contribution in [2.75, 3.05) is 12.3 Å². The zero-order valence-corrected chi connectivity index (χ0v) is 12.3. The molecule has 0 bridgehead atoms. The second-order valence-electron chi connectivity index (χ2n) is 5.01. The van der Waals surface area contributed by atoms with Crippen LogP contribution in [-0.2, 0) is 0 Å². The highest BCUT2D eigenvalue weighted by atomic mass is 35.5. The summed E-state index contributed by atoms with van der Waals surface area (Å²) in [6, 6.07) is 7.70. The highest BCUT2D eigenvalue weighted by Crippen LogP contribution is 2.24. The van der Waals surface area contributed by atoms with Gasteiger partial charge in [-0.05, 0) is 38.0 Å². The summed E-state index contributed by atoms with van der Waals surface area (Å²) in [7, 11) is 0. The molecule has 2 rings (SSSR count). The van der Waals surface area contributed by atoms with Gasteiger partial charge in [-0.25, -0.2) is 0 Å². The first-order chi connectivity index (χ1) is 8.72. The third-order valence-corrected chi connectivity index (χ3v) is 3.75. The second-order valence-corrected chi connectivity index (χ2v) is 5.01. The minimum absolute atomic E-state index is 0. The Morgan fingerprint density at radius 2 is 2.00 bits per heavy atom. The molecule has 0 unspecified atom stereocenters. The topological polar surface area (TPSA) is 46.3 Å². The number of amides is 1. The molecule has 1 aromatic rings. The SMILES string of the molecule is CCN(C(=O)c1cccc(N)c1)C1CCCCC1.Cl. The smallest absolute Gasteiger partial charge is 0.254 e. The van der Waals surface area contributed by atoms with Crippen molar-refractivity contribution in [2.24, 2.45) is 0 Å². The number of carbonyl (C=O) groups excluding carboxylic acids is 1. The maximum absolute atomic E-state index is 12.5. The van der Waals surface area contributed by atoms with Crippen molar-refractivity contribution in [3.8, 4) is 0 Å². The van der Waals surface area contributed by atoms with Gasteiger partial charge in [0.1, 0.15) is 0 Å². The van der Waals surface area contributed by atoms with E-state index in [1.54, 1.807) is 6.07 Å². The van der Waals surface area contributed by atoms with E-state index in [1.807, 2.05) is 23.1 Å². The van der Waals surface area contributed by atoms with Gasteiger partial charge in [0.2, 0.25) is 0 Å². The molecule has 1 aromatic carbocycles. The maximum Gasteiger partial charge on any atom is 0.254 e. The van der Waals surface area contributed by atoms with E-state index >= 15 is 0 Å². The first kappa shape index (κ1) is 15.8. The summed E-state index contributed by atoms with van der Waals surface area (Å²) < 4.78 is 0. The van der Waals surface area contributed by atoms with Gasteiger partial charge in [0.15, 0.2) is 0 Å². The van der Waals surface area contributed by atoms with Gasteiger partial charge in [-0.1, -0.05) is 25.3 Å². The molecule has 1 aliphatic rings. The molecule has 1 aliphatic carbocycles. The first-order valence-electron chi connectivity index (χ1n) is 6.89. The number of halogens is 1.